The van der Waals surface area contributed by atoms with E-state index in [-0.39, 0.29) is 6.10 Å². The Morgan fingerprint density at radius 3 is 2.94 bits per heavy atom. The van der Waals surface area contributed by atoms with Crippen molar-refractivity contribution in [2.45, 2.75) is 51.7 Å². The molecular formula is C13H23NOS. The van der Waals surface area contributed by atoms with Crippen LogP contribution in [0.1, 0.15) is 38.0 Å². The molecule has 92 valence electrons. The summed E-state index contributed by atoms with van der Waals surface area (Å²) in [7, 11) is 0. The normalized spacial score (nSPS) is 14.9. The van der Waals surface area contributed by atoms with Gasteiger partial charge in [0.25, 0.3) is 0 Å². The Labute approximate surface area is 103 Å². The lowest BCUT2D eigenvalue weighted by Gasteiger charge is -2.13. The van der Waals surface area contributed by atoms with Crippen LogP contribution in [-0.2, 0) is 6.42 Å². The molecule has 0 bridgehead atoms. The summed E-state index contributed by atoms with van der Waals surface area (Å²) in [5.41, 5.74) is 0. The van der Waals surface area contributed by atoms with Crippen LogP contribution < -0.4 is 5.32 Å². The first-order valence-corrected chi connectivity index (χ1v) is 7.04. The van der Waals surface area contributed by atoms with Crippen LogP contribution in [0.2, 0.25) is 0 Å². The van der Waals surface area contributed by atoms with E-state index in [0.717, 1.165) is 32.2 Å². The van der Waals surface area contributed by atoms with Gasteiger partial charge >= 0.3 is 0 Å². The third-order valence-electron chi connectivity index (χ3n) is 2.77. The molecule has 0 aliphatic rings. The van der Waals surface area contributed by atoms with E-state index in [4.69, 9.17) is 0 Å². The van der Waals surface area contributed by atoms with Crippen molar-refractivity contribution in [1.82, 2.24) is 5.32 Å². The Kier molecular flexibility index (Phi) is 6.69. The first kappa shape index (κ1) is 13.7. The molecule has 2 nitrogen and oxygen atoms in total. The van der Waals surface area contributed by atoms with Gasteiger partial charge < -0.3 is 10.4 Å². The van der Waals surface area contributed by atoms with Gasteiger partial charge in [-0.25, -0.2) is 0 Å². The van der Waals surface area contributed by atoms with E-state index >= 15 is 0 Å². The number of nitrogens with one attached hydrogen (secondary N) is 1. The van der Waals surface area contributed by atoms with Gasteiger partial charge in [0.15, 0.2) is 0 Å². The number of aliphatic hydroxyl groups is 1. The van der Waals surface area contributed by atoms with Gasteiger partial charge in [-0.05, 0) is 50.6 Å². The Hall–Kier alpha value is -0.380. The SMILES string of the molecule is CCC(O)CCCNC(C)Cc1cccs1. The second-order valence-electron chi connectivity index (χ2n) is 4.34. The minimum atomic E-state index is -0.116. The zero-order valence-electron chi connectivity index (χ0n) is 10.3. The Bertz CT molecular complexity index is 261. The molecule has 1 rings (SSSR count). The maximum Gasteiger partial charge on any atom is 0.0538 e. The van der Waals surface area contributed by atoms with Gasteiger partial charge in [-0.1, -0.05) is 13.0 Å². The third kappa shape index (κ3) is 5.64. The van der Waals surface area contributed by atoms with Crippen LogP contribution in [0, 0.1) is 0 Å². The van der Waals surface area contributed by atoms with Crippen molar-refractivity contribution in [2.24, 2.45) is 0 Å². The minimum Gasteiger partial charge on any atom is -0.393 e. The molecule has 1 aromatic rings. The van der Waals surface area contributed by atoms with Gasteiger partial charge in [0.05, 0.1) is 6.10 Å². The van der Waals surface area contributed by atoms with Crippen LogP contribution >= 0.6 is 11.3 Å². The Morgan fingerprint density at radius 2 is 2.31 bits per heavy atom. The van der Waals surface area contributed by atoms with Crippen LogP contribution in [0.25, 0.3) is 0 Å². The van der Waals surface area contributed by atoms with Crippen LogP contribution in [0.4, 0.5) is 0 Å². The predicted octanol–water partition coefficient (Wildman–Crippen LogP) is 2.82. The highest BCUT2D eigenvalue weighted by Gasteiger charge is 2.04. The number of rotatable bonds is 8. The van der Waals surface area contributed by atoms with E-state index in [1.54, 1.807) is 0 Å². The van der Waals surface area contributed by atoms with Gasteiger partial charge in [-0.2, -0.15) is 0 Å². The third-order valence-corrected chi connectivity index (χ3v) is 3.66. The van der Waals surface area contributed by atoms with Gasteiger partial charge in [0.2, 0.25) is 0 Å². The summed E-state index contributed by atoms with van der Waals surface area (Å²) in [5, 5.41) is 15.0. The second-order valence-corrected chi connectivity index (χ2v) is 5.38. The summed E-state index contributed by atoms with van der Waals surface area (Å²) in [6.45, 7) is 5.25. The number of aliphatic hydroxyl groups excluding tert-OH is 1. The largest absolute Gasteiger partial charge is 0.393 e. The van der Waals surface area contributed by atoms with E-state index in [9.17, 15) is 5.11 Å². The average molecular weight is 241 g/mol. The lowest BCUT2D eigenvalue weighted by atomic mass is 10.1. The molecule has 2 atom stereocenters. The van der Waals surface area contributed by atoms with Crippen molar-refractivity contribution in [3.05, 3.63) is 22.4 Å². The lowest BCUT2D eigenvalue weighted by molar-refractivity contribution is 0.157. The van der Waals surface area contributed by atoms with Gasteiger partial charge in [-0.15, -0.1) is 11.3 Å². The average Bonchev–Trinajstić information content (AvgIpc) is 2.76. The topological polar surface area (TPSA) is 32.3 Å². The Morgan fingerprint density at radius 1 is 1.50 bits per heavy atom. The molecule has 2 unspecified atom stereocenters. The summed E-state index contributed by atoms with van der Waals surface area (Å²) < 4.78 is 0. The fourth-order valence-corrected chi connectivity index (χ4v) is 2.53. The summed E-state index contributed by atoms with van der Waals surface area (Å²) in [4.78, 5) is 1.44. The monoisotopic (exact) mass is 241 g/mol. The molecule has 0 spiro atoms. The van der Waals surface area contributed by atoms with Crippen LogP contribution in [0.3, 0.4) is 0 Å². The standard InChI is InChI=1S/C13H23NOS/c1-3-12(15)6-4-8-14-11(2)10-13-7-5-9-16-13/h5,7,9,11-12,14-15H,3-4,6,8,10H2,1-2H3. The summed E-state index contributed by atoms with van der Waals surface area (Å²) in [6.07, 6.45) is 3.83. The smallest absolute Gasteiger partial charge is 0.0538 e. The highest BCUT2D eigenvalue weighted by atomic mass is 32.1. The van der Waals surface area contributed by atoms with Gasteiger partial charge in [-0.3, -0.25) is 0 Å². The number of hydrogen-bond acceptors (Lipinski definition) is 3. The molecular weight excluding hydrogens is 218 g/mol. The van der Waals surface area contributed by atoms with E-state index in [1.807, 2.05) is 18.3 Å². The van der Waals surface area contributed by atoms with Crippen LogP contribution in [0.15, 0.2) is 17.5 Å². The summed E-state index contributed by atoms with van der Waals surface area (Å²) in [5.74, 6) is 0. The second kappa shape index (κ2) is 7.82. The zero-order valence-corrected chi connectivity index (χ0v) is 11.1. The zero-order chi connectivity index (χ0) is 11.8. The van der Waals surface area contributed by atoms with Crippen molar-refractivity contribution in [2.75, 3.05) is 6.54 Å². The first-order valence-electron chi connectivity index (χ1n) is 6.16. The predicted molar refractivity (Wildman–Crippen MR) is 71.0 cm³/mol. The summed E-state index contributed by atoms with van der Waals surface area (Å²) >= 11 is 1.82. The fraction of sp³-hybridized carbons (Fsp3) is 0.692. The van der Waals surface area contributed by atoms with E-state index < -0.39 is 0 Å². The molecule has 0 aromatic carbocycles. The molecule has 2 N–H and O–H groups in total. The van der Waals surface area contributed by atoms with Crippen molar-refractivity contribution >= 4 is 11.3 Å². The van der Waals surface area contributed by atoms with E-state index in [2.05, 4.69) is 29.8 Å². The highest BCUT2D eigenvalue weighted by Crippen LogP contribution is 2.11. The van der Waals surface area contributed by atoms with Gasteiger partial charge in [0, 0.05) is 10.9 Å². The van der Waals surface area contributed by atoms with Crippen molar-refractivity contribution < 1.29 is 5.11 Å². The molecule has 0 aliphatic carbocycles. The molecule has 1 heterocycles. The molecule has 0 fully saturated rings. The molecule has 0 aliphatic heterocycles. The minimum absolute atomic E-state index is 0.116. The van der Waals surface area contributed by atoms with Crippen LogP contribution in [-0.4, -0.2) is 23.8 Å². The van der Waals surface area contributed by atoms with E-state index in [0.29, 0.717) is 6.04 Å². The lowest BCUT2D eigenvalue weighted by Crippen LogP contribution is -2.29. The van der Waals surface area contributed by atoms with Crippen molar-refractivity contribution in [3.63, 3.8) is 0 Å². The van der Waals surface area contributed by atoms with Crippen LogP contribution in [0.5, 0.6) is 0 Å². The molecule has 1 aromatic heterocycles. The molecule has 3 heteroatoms. The van der Waals surface area contributed by atoms with E-state index in [1.165, 1.54) is 4.88 Å². The maximum atomic E-state index is 9.40. The molecule has 0 radical (unpaired) electrons. The maximum absolute atomic E-state index is 9.40. The van der Waals surface area contributed by atoms with Gasteiger partial charge in [0.1, 0.15) is 0 Å². The Balaban J connectivity index is 2.04. The molecule has 0 amide bonds. The highest BCUT2D eigenvalue weighted by molar-refractivity contribution is 7.09. The quantitative estimate of drug-likeness (QED) is 0.686. The number of hydrogen-bond donors (Lipinski definition) is 2. The van der Waals surface area contributed by atoms with Crippen molar-refractivity contribution in [1.29, 1.82) is 0 Å². The number of thiophene rings is 1. The fourth-order valence-electron chi connectivity index (χ4n) is 1.69. The molecule has 0 saturated heterocycles. The first-order chi connectivity index (χ1) is 7.72. The molecule has 16 heavy (non-hydrogen) atoms. The molecule has 0 saturated carbocycles. The van der Waals surface area contributed by atoms with Crippen molar-refractivity contribution in [3.8, 4) is 0 Å². The summed E-state index contributed by atoms with van der Waals surface area (Å²) in [6, 6.07) is 4.81.